The molecule has 2 aromatic carbocycles. The average molecular weight is 446 g/mol. The topological polar surface area (TPSA) is 88.9 Å². The summed E-state index contributed by atoms with van der Waals surface area (Å²) in [6, 6.07) is 18.9. The highest BCUT2D eigenvalue weighted by Crippen LogP contribution is 2.27. The number of rotatable bonds is 5. The van der Waals surface area contributed by atoms with Gasteiger partial charge < -0.3 is 0 Å². The van der Waals surface area contributed by atoms with Crippen molar-refractivity contribution in [1.29, 1.82) is 0 Å². The zero-order valence-corrected chi connectivity index (χ0v) is 18.9. The molecule has 4 rings (SSSR count). The van der Waals surface area contributed by atoms with Crippen LogP contribution in [0, 0.1) is 20.8 Å². The first-order valence-electron chi connectivity index (χ1n) is 10.1. The first kappa shape index (κ1) is 21.5. The van der Waals surface area contributed by atoms with E-state index in [4.69, 9.17) is 0 Å². The molecule has 2 N–H and O–H groups in total. The summed E-state index contributed by atoms with van der Waals surface area (Å²) in [5.41, 5.74) is 9.97. The average Bonchev–Trinajstić information content (AvgIpc) is 3.33. The predicted octanol–water partition coefficient (Wildman–Crippen LogP) is 4.05. The van der Waals surface area contributed by atoms with Crippen molar-refractivity contribution in [2.45, 2.75) is 27.3 Å². The molecule has 162 valence electrons. The largest absolute Gasteiger partial charge is 0.281 e. The maximum atomic E-state index is 12.6. The van der Waals surface area contributed by atoms with Gasteiger partial charge in [0.15, 0.2) is 0 Å². The number of aryl methyl sites for hydroxylation is 3. The van der Waals surface area contributed by atoms with Crippen LogP contribution in [0.15, 0.2) is 60.7 Å². The first-order chi connectivity index (χ1) is 15.4. The molecule has 0 radical (unpaired) electrons. The van der Waals surface area contributed by atoms with Crippen LogP contribution in [0.25, 0.3) is 10.6 Å². The number of aromatic nitrogens is 3. The number of hydrogen-bond donors (Lipinski definition) is 2. The quantitative estimate of drug-likeness (QED) is 0.454. The monoisotopic (exact) mass is 445 g/mol. The molecule has 0 unspecified atom stereocenters. The highest BCUT2D eigenvalue weighted by molar-refractivity contribution is 7.17. The summed E-state index contributed by atoms with van der Waals surface area (Å²) in [4.78, 5) is 30.2. The fourth-order valence-corrected chi connectivity index (χ4v) is 4.34. The molecule has 2 amide bonds. The second-order valence-corrected chi connectivity index (χ2v) is 8.49. The second kappa shape index (κ2) is 9.15. The number of benzene rings is 2. The highest BCUT2D eigenvalue weighted by atomic mass is 32.1. The van der Waals surface area contributed by atoms with E-state index < -0.39 is 5.91 Å². The number of hydrogen-bond acceptors (Lipinski definition) is 5. The Kier molecular flexibility index (Phi) is 6.13. The molecule has 0 atom stereocenters. The third-order valence-corrected chi connectivity index (χ3v) is 6.14. The van der Waals surface area contributed by atoms with Crippen molar-refractivity contribution in [1.82, 2.24) is 25.6 Å². The van der Waals surface area contributed by atoms with Crippen molar-refractivity contribution < 1.29 is 9.59 Å². The molecule has 7 nitrogen and oxygen atoms in total. The van der Waals surface area contributed by atoms with Gasteiger partial charge in [-0.15, -0.1) is 11.3 Å². The summed E-state index contributed by atoms with van der Waals surface area (Å²) in [6.45, 7) is 6.29. The molecule has 2 heterocycles. The Labute approximate surface area is 190 Å². The lowest BCUT2D eigenvalue weighted by Gasteiger charge is -2.09. The first-order valence-corrected chi connectivity index (χ1v) is 11.0. The second-order valence-electron chi connectivity index (χ2n) is 7.49. The van der Waals surface area contributed by atoms with Crippen LogP contribution in [0.5, 0.6) is 0 Å². The van der Waals surface area contributed by atoms with Crippen LogP contribution in [0.2, 0.25) is 0 Å². The minimum absolute atomic E-state index is 0.390. The van der Waals surface area contributed by atoms with Crippen LogP contribution >= 0.6 is 11.3 Å². The van der Waals surface area contributed by atoms with Crippen molar-refractivity contribution in [3.05, 3.63) is 93.7 Å². The van der Waals surface area contributed by atoms with E-state index in [0.29, 0.717) is 22.7 Å². The molecule has 8 heteroatoms. The summed E-state index contributed by atoms with van der Waals surface area (Å²) in [7, 11) is 0. The molecule has 0 bridgehead atoms. The zero-order valence-electron chi connectivity index (χ0n) is 18.0. The van der Waals surface area contributed by atoms with Crippen LogP contribution in [0.4, 0.5) is 0 Å². The third kappa shape index (κ3) is 4.76. The molecular weight excluding hydrogens is 422 g/mol. The van der Waals surface area contributed by atoms with Gasteiger partial charge in [-0.1, -0.05) is 42.5 Å². The number of thiazole rings is 1. The summed E-state index contributed by atoms with van der Waals surface area (Å²) in [5, 5.41) is 5.22. The van der Waals surface area contributed by atoms with Gasteiger partial charge in [-0.25, -0.2) is 4.98 Å². The van der Waals surface area contributed by atoms with Crippen molar-refractivity contribution in [3.63, 3.8) is 0 Å². The Bertz CT molecular complexity index is 1280. The smallest absolute Gasteiger partial charge is 0.267 e. The molecule has 0 spiro atoms. The Hall–Kier alpha value is -3.78. The molecule has 4 aromatic rings. The minimum atomic E-state index is -0.394. The highest BCUT2D eigenvalue weighted by Gasteiger charge is 2.17. The number of nitrogens with zero attached hydrogens (tertiary/aromatic N) is 3. The van der Waals surface area contributed by atoms with Crippen molar-refractivity contribution >= 4 is 23.2 Å². The SMILES string of the molecule is Cc1cc(C)n(Cc2cccc(C(=O)NNC(=O)c3sc(-c4ccccc4)nc3C)c2)n1. The summed E-state index contributed by atoms with van der Waals surface area (Å²) < 4.78 is 1.89. The lowest BCUT2D eigenvalue weighted by Crippen LogP contribution is -2.41. The van der Waals surface area contributed by atoms with Gasteiger partial charge in [-0.3, -0.25) is 25.1 Å². The molecule has 0 aliphatic rings. The molecule has 2 aromatic heterocycles. The van der Waals surface area contributed by atoms with Crippen molar-refractivity contribution in [2.24, 2.45) is 0 Å². The fourth-order valence-electron chi connectivity index (χ4n) is 3.37. The Balaban J connectivity index is 1.41. The van der Waals surface area contributed by atoms with Crippen LogP contribution in [0.1, 0.15) is 42.7 Å². The van der Waals surface area contributed by atoms with Gasteiger partial charge in [0, 0.05) is 16.8 Å². The van der Waals surface area contributed by atoms with E-state index in [9.17, 15) is 9.59 Å². The number of carbonyl (C=O) groups excluding carboxylic acids is 2. The van der Waals surface area contributed by atoms with E-state index in [2.05, 4.69) is 20.9 Å². The standard InChI is InChI=1S/C24H23N5O2S/c1-15-12-16(2)29(28-15)14-18-8-7-11-20(13-18)22(30)26-27-23(31)21-17(3)25-24(32-21)19-9-5-4-6-10-19/h4-13H,14H2,1-3H3,(H,26,30)(H,27,31). The molecule has 32 heavy (non-hydrogen) atoms. The van der Waals surface area contributed by atoms with E-state index in [1.807, 2.05) is 67.1 Å². The normalized spacial score (nSPS) is 10.7. The Morgan fingerprint density at radius 2 is 1.69 bits per heavy atom. The summed E-state index contributed by atoms with van der Waals surface area (Å²) in [5.74, 6) is -0.784. The zero-order chi connectivity index (χ0) is 22.7. The molecule has 0 saturated carbocycles. The maximum absolute atomic E-state index is 12.6. The van der Waals surface area contributed by atoms with Crippen LogP contribution in [0.3, 0.4) is 0 Å². The minimum Gasteiger partial charge on any atom is -0.267 e. The van der Waals surface area contributed by atoms with Gasteiger partial charge in [0.1, 0.15) is 9.88 Å². The van der Waals surface area contributed by atoms with E-state index in [0.717, 1.165) is 27.5 Å². The number of amides is 2. The molecule has 0 aliphatic carbocycles. The molecule has 0 saturated heterocycles. The molecule has 0 fully saturated rings. The van der Waals surface area contributed by atoms with Crippen LogP contribution in [-0.4, -0.2) is 26.6 Å². The predicted molar refractivity (Wildman–Crippen MR) is 124 cm³/mol. The maximum Gasteiger partial charge on any atom is 0.281 e. The van der Waals surface area contributed by atoms with E-state index >= 15 is 0 Å². The van der Waals surface area contributed by atoms with E-state index in [-0.39, 0.29) is 5.91 Å². The lowest BCUT2D eigenvalue weighted by molar-refractivity contribution is 0.0848. The lowest BCUT2D eigenvalue weighted by atomic mass is 10.1. The third-order valence-electron chi connectivity index (χ3n) is 4.94. The van der Waals surface area contributed by atoms with Crippen LogP contribution < -0.4 is 10.9 Å². The van der Waals surface area contributed by atoms with E-state index in [1.54, 1.807) is 19.1 Å². The number of carbonyl (C=O) groups is 2. The van der Waals surface area contributed by atoms with Gasteiger partial charge in [-0.05, 0) is 44.5 Å². The number of nitrogens with one attached hydrogen (secondary N) is 2. The number of hydrazine groups is 1. The van der Waals surface area contributed by atoms with Crippen LogP contribution in [-0.2, 0) is 6.54 Å². The Morgan fingerprint density at radius 3 is 2.41 bits per heavy atom. The van der Waals surface area contributed by atoms with Crippen molar-refractivity contribution in [2.75, 3.05) is 0 Å². The van der Waals surface area contributed by atoms with Crippen molar-refractivity contribution in [3.8, 4) is 10.6 Å². The van der Waals surface area contributed by atoms with Gasteiger partial charge in [0.05, 0.1) is 17.9 Å². The van der Waals surface area contributed by atoms with E-state index in [1.165, 1.54) is 11.3 Å². The van der Waals surface area contributed by atoms with Gasteiger partial charge in [0.25, 0.3) is 11.8 Å². The molecular formula is C24H23N5O2S. The fraction of sp³-hybridized carbons (Fsp3) is 0.167. The molecule has 0 aliphatic heterocycles. The summed E-state index contributed by atoms with van der Waals surface area (Å²) in [6.07, 6.45) is 0. The Morgan fingerprint density at radius 1 is 0.938 bits per heavy atom. The van der Waals surface area contributed by atoms with Gasteiger partial charge in [0.2, 0.25) is 0 Å². The summed E-state index contributed by atoms with van der Waals surface area (Å²) >= 11 is 1.29. The van der Waals surface area contributed by atoms with Gasteiger partial charge >= 0.3 is 0 Å². The van der Waals surface area contributed by atoms with Gasteiger partial charge in [-0.2, -0.15) is 5.10 Å².